The Bertz CT molecular complexity index is 824. The second-order valence-electron chi connectivity index (χ2n) is 5.20. The van der Waals surface area contributed by atoms with Crippen molar-refractivity contribution in [3.05, 3.63) is 64.5 Å². The predicted octanol–water partition coefficient (Wildman–Crippen LogP) is 4.26. The third-order valence-electron chi connectivity index (χ3n) is 3.59. The summed E-state index contributed by atoms with van der Waals surface area (Å²) < 4.78 is 5.71. The Balaban J connectivity index is 1.89. The molecule has 0 saturated carbocycles. The van der Waals surface area contributed by atoms with Crippen molar-refractivity contribution in [2.24, 2.45) is 0 Å². The van der Waals surface area contributed by atoms with Gasteiger partial charge in [-0.25, -0.2) is 4.98 Å². The van der Waals surface area contributed by atoms with Gasteiger partial charge in [0.05, 0.1) is 5.92 Å². The first-order valence-corrected chi connectivity index (χ1v) is 7.27. The molecule has 1 N–H and O–H groups in total. The van der Waals surface area contributed by atoms with Crippen LogP contribution in [0.25, 0.3) is 11.1 Å². The van der Waals surface area contributed by atoms with Gasteiger partial charge in [0, 0.05) is 11.4 Å². The van der Waals surface area contributed by atoms with Crippen molar-refractivity contribution in [1.29, 1.82) is 0 Å². The Morgan fingerprint density at radius 1 is 1.27 bits per heavy atom. The second kappa shape index (κ2) is 5.81. The monoisotopic (exact) mass is 315 g/mol. The highest BCUT2D eigenvalue weighted by Crippen LogP contribution is 2.23. The molecule has 0 spiro atoms. The predicted molar refractivity (Wildman–Crippen MR) is 84.3 cm³/mol. The van der Waals surface area contributed by atoms with Crippen LogP contribution in [-0.4, -0.2) is 16.1 Å². The molecular formula is C17H14ClNO3. The van der Waals surface area contributed by atoms with E-state index < -0.39 is 11.9 Å². The van der Waals surface area contributed by atoms with E-state index in [9.17, 15) is 4.79 Å². The number of aliphatic carboxylic acids is 1. The molecule has 3 aromatic rings. The molecule has 0 aliphatic carbocycles. The first kappa shape index (κ1) is 14.6. The molecular weight excluding hydrogens is 302 g/mol. The van der Waals surface area contributed by atoms with Crippen LogP contribution in [0.1, 0.15) is 29.9 Å². The minimum atomic E-state index is -0.857. The molecule has 4 nitrogen and oxygen atoms in total. The summed E-state index contributed by atoms with van der Waals surface area (Å²) in [7, 11) is 0. The molecule has 5 heteroatoms. The normalized spacial score (nSPS) is 12.5. The Morgan fingerprint density at radius 2 is 2.00 bits per heavy atom. The van der Waals surface area contributed by atoms with Crippen LogP contribution >= 0.6 is 11.6 Å². The van der Waals surface area contributed by atoms with Crippen LogP contribution in [0.5, 0.6) is 0 Å². The summed E-state index contributed by atoms with van der Waals surface area (Å²) in [5.74, 6) is -0.831. The molecule has 22 heavy (non-hydrogen) atoms. The summed E-state index contributed by atoms with van der Waals surface area (Å²) in [6.07, 6.45) is 0.565. The summed E-state index contributed by atoms with van der Waals surface area (Å²) in [4.78, 5) is 15.5. The van der Waals surface area contributed by atoms with E-state index in [2.05, 4.69) is 4.98 Å². The smallest absolute Gasteiger partial charge is 0.310 e. The molecule has 3 rings (SSSR count). The van der Waals surface area contributed by atoms with E-state index in [1.54, 1.807) is 25.1 Å². The summed E-state index contributed by atoms with van der Waals surface area (Å²) in [6.45, 7) is 1.65. The van der Waals surface area contributed by atoms with Crippen LogP contribution in [0.15, 0.2) is 46.9 Å². The molecule has 0 aliphatic heterocycles. The van der Waals surface area contributed by atoms with E-state index in [4.69, 9.17) is 21.1 Å². The molecule has 0 aliphatic rings. The van der Waals surface area contributed by atoms with Gasteiger partial charge in [0.1, 0.15) is 5.52 Å². The molecule has 1 atom stereocenters. The summed E-state index contributed by atoms with van der Waals surface area (Å²) in [6, 6.07) is 12.8. The lowest BCUT2D eigenvalue weighted by atomic mass is 10.0. The second-order valence-corrected chi connectivity index (χ2v) is 5.63. The number of carboxylic acids is 1. The number of halogens is 1. The van der Waals surface area contributed by atoms with E-state index in [0.717, 1.165) is 5.56 Å². The van der Waals surface area contributed by atoms with Gasteiger partial charge in [0.15, 0.2) is 11.5 Å². The number of oxazole rings is 1. The molecule has 0 saturated heterocycles. The lowest BCUT2D eigenvalue weighted by molar-refractivity contribution is -0.138. The lowest BCUT2D eigenvalue weighted by Gasteiger charge is -2.04. The standard InChI is InChI=1S/C17H14ClNO3/c1-10(17(20)21)12-4-7-15-14(9-12)19-16(22-15)8-11-2-5-13(18)6-3-11/h2-7,9-10H,8H2,1H3,(H,20,21). The quantitative estimate of drug-likeness (QED) is 0.781. The number of fused-ring (bicyclic) bond motifs is 1. The average molecular weight is 316 g/mol. The van der Waals surface area contributed by atoms with E-state index >= 15 is 0 Å². The fourth-order valence-corrected chi connectivity index (χ4v) is 2.38. The van der Waals surface area contributed by atoms with Crippen molar-refractivity contribution in [2.75, 3.05) is 0 Å². The number of nitrogens with zero attached hydrogens (tertiary/aromatic N) is 1. The fraction of sp³-hybridized carbons (Fsp3) is 0.176. The zero-order chi connectivity index (χ0) is 15.7. The van der Waals surface area contributed by atoms with Crippen molar-refractivity contribution in [3.63, 3.8) is 0 Å². The first-order chi connectivity index (χ1) is 10.5. The van der Waals surface area contributed by atoms with Crippen LogP contribution in [0.3, 0.4) is 0 Å². The molecule has 1 aromatic heterocycles. The Hall–Kier alpha value is -2.33. The first-order valence-electron chi connectivity index (χ1n) is 6.89. The van der Waals surface area contributed by atoms with Crippen LogP contribution < -0.4 is 0 Å². The number of carbonyl (C=O) groups is 1. The zero-order valence-electron chi connectivity index (χ0n) is 11.9. The van der Waals surface area contributed by atoms with Gasteiger partial charge < -0.3 is 9.52 Å². The van der Waals surface area contributed by atoms with E-state index in [-0.39, 0.29) is 0 Å². The van der Waals surface area contributed by atoms with Gasteiger partial charge in [-0.3, -0.25) is 4.79 Å². The van der Waals surface area contributed by atoms with Crippen LogP contribution in [-0.2, 0) is 11.2 Å². The summed E-state index contributed by atoms with van der Waals surface area (Å²) >= 11 is 5.86. The maximum absolute atomic E-state index is 11.1. The minimum absolute atomic E-state index is 0.565. The van der Waals surface area contributed by atoms with Gasteiger partial charge >= 0.3 is 5.97 Å². The SMILES string of the molecule is CC(C(=O)O)c1ccc2oc(Cc3ccc(Cl)cc3)nc2c1. The molecule has 112 valence electrons. The van der Waals surface area contributed by atoms with Crippen molar-refractivity contribution in [1.82, 2.24) is 4.98 Å². The largest absolute Gasteiger partial charge is 0.481 e. The number of aromatic nitrogens is 1. The number of rotatable bonds is 4. The molecule has 1 heterocycles. The van der Waals surface area contributed by atoms with Gasteiger partial charge in [-0.2, -0.15) is 0 Å². The fourth-order valence-electron chi connectivity index (χ4n) is 2.26. The van der Waals surface area contributed by atoms with Gasteiger partial charge in [0.25, 0.3) is 0 Å². The van der Waals surface area contributed by atoms with E-state index in [1.165, 1.54) is 0 Å². The van der Waals surface area contributed by atoms with Crippen LogP contribution in [0.2, 0.25) is 5.02 Å². The Labute approximate surface area is 132 Å². The topological polar surface area (TPSA) is 63.3 Å². The molecule has 0 amide bonds. The van der Waals surface area contributed by atoms with Gasteiger partial charge in [-0.15, -0.1) is 0 Å². The van der Waals surface area contributed by atoms with Crippen molar-refractivity contribution < 1.29 is 14.3 Å². The highest BCUT2D eigenvalue weighted by Gasteiger charge is 2.15. The van der Waals surface area contributed by atoms with Crippen LogP contribution in [0, 0.1) is 0 Å². The highest BCUT2D eigenvalue weighted by molar-refractivity contribution is 6.30. The molecule has 0 fully saturated rings. The minimum Gasteiger partial charge on any atom is -0.481 e. The summed E-state index contributed by atoms with van der Waals surface area (Å²) in [5, 5.41) is 9.76. The highest BCUT2D eigenvalue weighted by atomic mass is 35.5. The molecule has 0 bridgehead atoms. The number of hydrogen-bond donors (Lipinski definition) is 1. The van der Waals surface area contributed by atoms with E-state index in [0.29, 0.717) is 34.0 Å². The number of hydrogen-bond acceptors (Lipinski definition) is 3. The number of carboxylic acid groups (broad SMARTS) is 1. The molecule has 1 unspecified atom stereocenters. The Morgan fingerprint density at radius 3 is 2.68 bits per heavy atom. The maximum Gasteiger partial charge on any atom is 0.310 e. The third kappa shape index (κ3) is 2.97. The average Bonchev–Trinajstić information content (AvgIpc) is 2.90. The van der Waals surface area contributed by atoms with E-state index in [1.807, 2.05) is 24.3 Å². The Kier molecular flexibility index (Phi) is 3.86. The molecule has 2 aromatic carbocycles. The molecule has 0 radical (unpaired) electrons. The van der Waals surface area contributed by atoms with Gasteiger partial charge in [0.2, 0.25) is 0 Å². The van der Waals surface area contributed by atoms with Crippen LogP contribution in [0.4, 0.5) is 0 Å². The number of benzene rings is 2. The lowest BCUT2D eigenvalue weighted by Crippen LogP contribution is -2.06. The zero-order valence-corrected chi connectivity index (χ0v) is 12.7. The third-order valence-corrected chi connectivity index (χ3v) is 3.85. The van der Waals surface area contributed by atoms with Gasteiger partial charge in [-0.1, -0.05) is 29.8 Å². The summed E-state index contributed by atoms with van der Waals surface area (Å²) in [5.41, 5.74) is 3.10. The van der Waals surface area contributed by atoms with Crippen molar-refractivity contribution in [2.45, 2.75) is 19.3 Å². The maximum atomic E-state index is 11.1. The van der Waals surface area contributed by atoms with Gasteiger partial charge in [-0.05, 0) is 42.3 Å². The van der Waals surface area contributed by atoms with Crippen molar-refractivity contribution >= 4 is 28.7 Å². The van der Waals surface area contributed by atoms with Crippen molar-refractivity contribution in [3.8, 4) is 0 Å².